The van der Waals surface area contributed by atoms with E-state index in [-0.39, 0.29) is 33.9 Å². The Morgan fingerprint density at radius 3 is 1.45 bits per heavy atom. The first-order chi connectivity index (χ1) is 40.3. The van der Waals surface area contributed by atoms with Crippen LogP contribution in [-0.2, 0) is 0 Å². The SMILES string of the molecule is [C-]#[N+]c1cc([N+]#[C-])c(-c2ccc3c(c2)c2ccccc2n3-c2ccc(-c3nc(-c4ccccc4)nc(-c4ccccc4)n3)c(-c3cc(C#N)ccc3-n3c4ccccc4c4cc(-c5c(C#N)cc(C#N)cc5[N+]#[C-])ccc43)c2)c([N+]#[C-])c1. The summed E-state index contributed by atoms with van der Waals surface area (Å²) in [5.41, 5.74) is 12.5. The second kappa shape index (κ2) is 20.0. The molecule has 0 radical (unpaired) electrons. The minimum Gasteiger partial charge on any atom is -0.309 e. The molecule has 0 unspecified atom stereocenters. The number of para-hydroxylation sites is 2. The molecule has 13 rings (SSSR count). The average molecular weight is 1040 g/mol. The molecule has 0 amide bonds. The van der Waals surface area contributed by atoms with Crippen LogP contribution < -0.4 is 0 Å². The van der Waals surface area contributed by atoms with E-state index in [2.05, 4.69) is 64.9 Å². The molecule has 0 aliphatic heterocycles. The molecule has 0 saturated heterocycles. The summed E-state index contributed by atoms with van der Waals surface area (Å²) in [7, 11) is 0. The Hall–Kier alpha value is -12.8. The summed E-state index contributed by atoms with van der Waals surface area (Å²) in [5, 5.41) is 34.4. The van der Waals surface area contributed by atoms with Crippen LogP contribution >= 0.6 is 0 Å². The zero-order valence-electron chi connectivity index (χ0n) is 43.0. The number of nitriles is 3. The van der Waals surface area contributed by atoms with Gasteiger partial charge >= 0.3 is 0 Å². The first kappa shape index (κ1) is 48.9. The molecule has 12 heteroatoms. The average Bonchev–Trinajstić information content (AvgIpc) is 4.06. The Morgan fingerprint density at radius 1 is 0.354 bits per heavy atom. The fraction of sp³-hybridized carbons (Fsp3) is 0. The lowest BCUT2D eigenvalue weighted by Gasteiger charge is -2.19. The van der Waals surface area contributed by atoms with Gasteiger partial charge in [-0.2, -0.15) is 15.8 Å². The summed E-state index contributed by atoms with van der Waals surface area (Å²) in [6.07, 6.45) is 0. The highest BCUT2D eigenvalue weighted by Crippen LogP contribution is 2.47. The normalized spacial score (nSPS) is 10.8. The zero-order chi connectivity index (χ0) is 56.0. The van der Waals surface area contributed by atoms with E-state index in [1.807, 2.05) is 158 Å². The molecular weight excluding hydrogens is 1010 g/mol. The number of benzene rings is 10. The molecule has 10 aromatic carbocycles. The topological polar surface area (TPSA) is 137 Å². The van der Waals surface area contributed by atoms with Crippen molar-refractivity contribution in [3.63, 3.8) is 0 Å². The van der Waals surface area contributed by atoms with Crippen molar-refractivity contribution in [1.82, 2.24) is 24.1 Å². The van der Waals surface area contributed by atoms with Crippen molar-refractivity contribution in [2.24, 2.45) is 0 Å². The number of fused-ring (bicyclic) bond motifs is 6. The molecule has 0 fully saturated rings. The number of hydrogen-bond acceptors (Lipinski definition) is 6. The van der Waals surface area contributed by atoms with E-state index in [9.17, 15) is 15.8 Å². The van der Waals surface area contributed by atoms with E-state index in [4.69, 9.17) is 41.2 Å². The molecule has 12 nitrogen and oxygen atoms in total. The second-order valence-corrected chi connectivity index (χ2v) is 19.2. The van der Waals surface area contributed by atoms with Crippen LogP contribution in [-0.4, -0.2) is 24.1 Å². The minimum absolute atomic E-state index is 0.198. The van der Waals surface area contributed by atoms with Crippen molar-refractivity contribution >= 4 is 66.4 Å². The maximum atomic E-state index is 10.8. The lowest BCUT2D eigenvalue weighted by molar-refractivity contribution is 1.07. The second-order valence-electron chi connectivity index (χ2n) is 19.2. The van der Waals surface area contributed by atoms with Gasteiger partial charge in [0.05, 0.1) is 83.4 Å². The molecule has 0 aliphatic carbocycles. The van der Waals surface area contributed by atoms with Crippen molar-refractivity contribution in [2.75, 3.05) is 0 Å². The number of aromatic nitrogens is 5. The van der Waals surface area contributed by atoms with Gasteiger partial charge in [0.15, 0.2) is 40.2 Å². The van der Waals surface area contributed by atoms with Gasteiger partial charge in [-0.3, -0.25) is 0 Å². The minimum atomic E-state index is 0.198. The summed E-state index contributed by atoms with van der Waals surface area (Å²) in [5.74, 6) is 1.33. The lowest BCUT2D eigenvalue weighted by Crippen LogP contribution is -2.04. The third-order valence-electron chi connectivity index (χ3n) is 14.7. The number of nitrogens with zero attached hydrogens (tertiary/aromatic N) is 12. The molecule has 0 aliphatic rings. The van der Waals surface area contributed by atoms with Gasteiger partial charge in [-0.05, 0) is 107 Å². The van der Waals surface area contributed by atoms with Gasteiger partial charge in [-0.15, -0.1) is 0 Å². The molecule has 0 N–H and O–H groups in total. The highest BCUT2D eigenvalue weighted by atomic mass is 15.0. The van der Waals surface area contributed by atoms with Gasteiger partial charge in [-0.25, -0.2) is 34.3 Å². The van der Waals surface area contributed by atoms with E-state index in [0.717, 1.165) is 66.1 Å². The molecule has 13 aromatic rings. The fourth-order valence-corrected chi connectivity index (χ4v) is 11.1. The summed E-state index contributed by atoms with van der Waals surface area (Å²) < 4.78 is 4.35. The van der Waals surface area contributed by atoms with Crippen LogP contribution in [0.25, 0.3) is 142 Å². The molecule has 82 heavy (non-hydrogen) atoms. The van der Waals surface area contributed by atoms with E-state index < -0.39 is 0 Å². The van der Waals surface area contributed by atoms with Crippen LogP contribution in [0.3, 0.4) is 0 Å². The zero-order valence-corrected chi connectivity index (χ0v) is 43.0. The van der Waals surface area contributed by atoms with Crippen LogP contribution in [0.1, 0.15) is 16.7 Å². The van der Waals surface area contributed by atoms with E-state index >= 15 is 0 Å². The largest absolute Gasteiger partial charge is 0.309 e. The highest BCUT2D eigenvalue weighted by Gasteiger charge is 2.25. The van der Waals surface area contributed by atoms with Crippen LogP contribution in [0.4, 0.5) is 22.7 Å². The third-order valence-corrected chi connectivity index (χ3v) is 14.7. The van der Waals surface area contributed by atoms with Crippen LogP contribution in [0.2, 0.25) is 0 Å². The highest BCUT2D eigenvalue weighted by molar-refractivity contribution is 6.13. The Labute approximate surface area is 469 Å². The molecule has 374 valence electrons. The van der Waals surface area contributed by atoms with Crippen LogP contribution in [0, 0.1) is 60.3 Å². The van der Waals surface area contributed by atoms with Crippen LogP contribution in [0.5, 0.6) is 0 Å². The lowest BCUT2D eigenvalue weighted by atomic mass is 9.94. The van der Waals surface area contributed by atoms with E-state index in [0.29, 0.717) is 62.0 Å². The molecular formula is C70H34N12. The molecule has 0 saturated carbocycles. The molecule has 0 bridgehead atoms. The quantitative estimate of drug-likeness (QED) is 0.139. The summed E-state index contributed by atoms with van der Waals surface area (Å²) in [6, 6.07) is 72.0. The monoisotopic (exact) mass is 1040 g/mol. The summed E-state index contributed by atoms with van der Waals surface area (Å²) >= 11 is 0. The molecule has 3 heterocycles. The predicted octanol–water partition coefficient (Wildman–Crippen LogP) is 17.9. The fourth-order valence-electron chi connectivity index (χ4n) is 11.1. The van der Waals surface area contributed by atoms with Crippen molar-refractivity contribution < 1.29 is 0 Å². The number of hydrogen-bond donors (Lipinski definition) is 0. The molecule has 3 aromatic heterocycles. The maximum Gasteiger partial charge on any atom is 0.197 e. The van der Waals surface area contributed by atoms with Crippen molar-refractivity contribution in [2.45, 2.75) is 0 Å². The van der Waals surface area contributed by atoms with Crippen molar-refractivity contribution in [3.8, 4) is 97.1 Å². The maximum absolute atomic E-state index is 10.8. The first-order valence-corrected chi connectivity index (χ1v) is 25.6. The van der Waals surface area contributed by atoms with Gasteiger partial charge in [-0.1, -0.05) is 121 Å². The van der Waals surface area contributed by atoms with Gasteiger partial charge in [0, 0.05) is 60.6 Å². The summed E-state index contributed by atoms with van der Waals surface area (Å²) in [6.45, 7) is 31.9. The Kier molecular flexibility index (Phi) is 11.9. The Morgan fingerprint density at radius 2 is 0.878 bits per heavy atom. The predicted molar refractivity (Wildman–Crippen MR) is 320 cm³/mol. The third kappa shape index (κ3) is 8.07. The van der Waals surface area contributed by atoms with Gasteiger partial charge in [0.1, 0.15) is 0 Å². The Balaban J connectivity index is 1.10. The van der Waals surface area contributed by atoms with Gasteiger partial charge in [0.25, 0.3) is 0 Å². The first-order valence-electron chi connectivity index (χ1n) is 25.6. The van der Waals surface area contributed by atoms with E-state index in [1.165, 1.54) is 24.3 Å². The standard InChI is InChI=1S/C70H34N12/c1-74-49-36-59(76-3)67(60(37-49)77-4)47-25-29-63-56(35-47)51-19-11-13-21-61(51)81(63)50-26-27-53(70-79-68(44-15-7-5-8-16-44)78-69(80-70)45-17-9-6-10-18-45)54(38-50)55-32-42(39-71)23-28-64(55)82-62-22-14-12-20-52(62)57-34-46(24-30-65(57)82)66-48(41-73)31-43(40-72)33-58(66)75-2/h5-38H. The van der Waals surface area contributed by atoms with Crippen molar-refractivity contribution in [3.05, 3.63) is 269 Å². The van der Waals surface area contributed by atoms with Crippen LogP contribution in [0.15, 0.2) is 206 Å². The number of rotatable bonds is 8. The van der Waals surface area contributed by atoms with Gasteiger partial charge in [0.2, 0.25) is 0 Å². The molecule has 0 spiro atoms. The smallest absolute Gasteiger partial charge is 0.197 e. The Bertz CT molecular complexity index is 5070. The molecule has 0 atom stereocenters. The van der Waals surface area contributed by atoms with Crippen molar-refractivity contribution in [1.29, 1.82) is 15.8 Å². The van der Waals surface area contributed by atoms with Gasteiger partial charge < -0.3 is 9.13 Å². The summed E-state index contributed by atoms with van der Waals surface area (Å²) in [4.78, 5) is 30.4. The van der Waals surface area contributed by atoms with E-state index in [1.54, 1.807) is 6.07 Å².